The number of fused-ring (bicyclic) bond motifs is 1. The third-order valence-corrected chi connectivity index (χ3v) is 6.16. The summed E-state index contributed by atoms with van der Waals surface area (Å²) in [6.45, 7) is 4.75. The SMILES string of the molecule is CNC(=O)C1CCCN(c2cc3c(N[C@H](C)c4cccc(C(F)F)c4F)nc(C)nc3cn2)C1. The number of nitrogens with one attached hydrogen (secondary N) is 2. The maximum atomic E-state index is 14.7. The smallest absolute Gasteiger partial charge is 0.266 e. The van der Waals surface area contributed by atoms with Crippen molar-refractivity contribution in [1.29, 1.82) is 0 Å². The minimum Gasteiger partial charge on any atom is -0.363 e. The Hall–Kier alpha value is -3.43. The molecular formula is C24H27F3N6O. The van der Waals surface area contributed by atoms with E-state index in [1.165, 1.54) is 12.1 Å². The molecule has 3 aromatic rings. The van der Waals surface area contributed by atoms with E-state index in [1.807, 2.05) is 6.07 Å². The van der Waals surface area contributed by atoms with Gasteiger partial charge in [-0.1, -0.05) is 18.2 Å². The number of carbonyl (C=O) groups is 1. The number of carbonyl (C=O) groups excluding carboxylic acids is 1. The van der Waals surface area contributed by atoms with E-state index in [0.717, 1.165) is 25.5 Å². The number of pyridine rings is 1. The van der Waals surface area contributed by atoms with Crippen LogP contribution in [0.3, 0.4) is 0 Å². The Kier molecular flexibility index (Phi) is 6.85. The summed E-state index contributed by atoms with van der Waals surface area (Å²) in [6, 6.07) is 5.21. The van der Waals surface area contributed by atoms with Gasteiger partial charge in [0.15, 0.2) is 0 Å². The van der Waals surface area contributed by atoms with Crippen LogP contribution in [0.15, 0.2) is 30.5 Å². The number of piperidine rings is 1. The number of hydrogen-bond donors (Lipinski definition) is 2. The van der Waals surface area contributed by atoms with Crippen LogP contribution in [0, 0.1) is 18.7 Å². The van der Waals surface area contributed by atoms with Crippen LogP contribution in [0.5, 0.6) is 0 Å². The lowest BCUT2D eigenvalue weighted by molar-refractivity contribution is -0.124. The maximum Gasteiger partial charge on any atom is 0.266 e. The second kappa shape index (κ2) is 9.82. The summed E-state index contributed by atoms with van der Waals surface area (Å²) in [6.07, 6.45) is 0.437. The Morgan fingerprint density at radius 1 is 1.24 bits per heavy atom. The summed E-state index contributed by atoms with van der Waals surface area (Å²) in [7, 11) is 1.63. The lowest BCUT2D eigenvalue weighted by Gasteiger charge is -2.32. The molecule has 0 aliphatic carbocycles. The minimum atomic E-state index is -2.90. The average Bonchev–Trinajstić information content (AvgIpc) is 2.83. The van der Waals surface area contributed by atoms with Gasteiger partial charge in [0, 0.05) is 31.1 Å². The van der Waals surface area contributed by atoms with Crippen LogP contribution in [0.1, 0.15) is 49.2 Å². The number of halogens is 3. The predicted octanol–water partition coefficient (Wildman–Crippen LogP) is 4.55. The van der Waals surface area contributed by atoms with E-state index in [1.54, 1.807) is 27.1 Å². The summed E-state index contributed by atoms with van der Waals surface area (Å²) in [5, 5.41) is 6.56. The number of alkyl halides is 2. The van der Waals surface area contributed by atoms with Gasteiger partial charge in [-0.15, -0.1) is 0 Å². The van der Waals surface area contributed by atoms with Crippen LogP contribution in [0.2, 0.25) is 0 Å². The molecule has 1 fully saturated rings. The van der Waals surface area contributed by atoms with Crippen molar-refractivity contribution >= 4 is 28.4 Å². The van der Waals surface area contributed by atoms with Crippen molar-refractivity contribution < 1.29 is 18.0 Å². The van der Waals surface area contributed by atoms with Crippen LogP contribution >= 0.6 is 0 Å². The van der Waals surface area contributed by atoms with Crippen LogP contribution in [0.4, 0.5) is 24.8 Å². The van der Waals surface area contributed by atoms with E-state index in [0.29, 0.717) is 34.9 Å². The molecule has 1 aliphatic rings. The summed E-state index contributed by atoms with van der Waals surface area (Å²) in [5.74, 6) is 0.608. The van der Waals surface area contributed by atoms with Crippen LogP contribution in [0.25, 0.3) is 10.9 Å². The number of benzene rings is 1. The lowest BCUT2D eigenvalue weighted by Crippen LogP contribution is -2.42. The molecule has 0 bridgehead atoms. The molecule has 3 heterocycles. The highest BCUT2D eigenvalue weighted by molar-refractivity contribution is 5.90. The van der Waals surface area contributed by atoms with Gasteiger partial charge in [-0.25, -0.2) is 28.1 Å². The number of hydrogen-bond acceptors (Lipinski definition) is 6. The molecule has 4 rings (SSSR count). The molecule has 1 saturated heterocycles. The zero-order valence-electron chi connectivity index (χ0n) is 19.3. The first-order valence-corrected chi connectivity index (χ1v) is 11.2. The topological polar surface area (TPSA) is 83.0 Å². The quantitative estimate of drug-likeness (QED) is 0.548. The summed E-state index contributed by atoms with van der Waals surface area (Å²) in [4.78, 5) is 27.7. The first-order chi connectivity index (χ1) is 16.3. The van der Waals surface area contributed by atoms with Gasteiger partial charge >= 0.3 is 0 Å². The van der Waals surface area contributed by atoms with Crippen molar-refractivity contribution in [2.45, 2.75) is 39.2 Å². The Bertz CT molecular complexity index is 1200. The highest BCUT2D eigenvalue weighted by Gasteiger charge is 2.26. The molecule has 0 spiro atoms. The maximum absolute atomic E-state index is 14.7. The minimum absolute atomic E-state index is 0.00804. The molecule has 1 amide bonds. The van der Waals surface area contributed by atoms with Gasteiger partial charge in [-0.05, 0) is 32.8 Å². The Morgan fingerprint density at radius 3 is 2.74 bits per heavy atom. The van der Waals surface area contributed by atoms with Gasteiger partial charge in [-0.3, -0.25) is 4.79 Å². The molecule has 2 atom stereocenters. The van der Waals surface area contributed by atoms with Gasteiger partial charge in [0.25, 0.3) is 6.43 Å². The monoisotopic (exact) mass is 472 g/mol. The molecule has 10 heteroatoms. The molecule has 180 valence electrons. The number of aryl methyl sites for hydroxylation is 1. The van der Waals surface area contributed by atoms with Gasteiger partial charge in [0.05, 0.1) is 29.2 Å². The summed E-state index contributed by atoms with van der Waals surface area (Å²) >= 11 is 0. The Morgan fingerprint density at radius 2 is 2.00 bits per heavy atom. The summed E-state index contributed by atoms with van der Waals surface area (Å²) < 4.78 is 41.0. The third-order valence-electron chi connectivity index (χ3n) is 6.16. The van der Waals surface area contributed by atoms with Gasteiger partial charge in [0.2, 0.25) is 5.91 Å². The fraction of sp³-hybridized carbons (Fsp3) is 0.417. The number of aromatic nitrogens is 3. The highest BCUT2D eigenvalue weighted by Crippen LogP contribution is 2.32. The van der Waals surface area contributed by atoms with Crippen molar-refractivity contribution in [2.24, 2.45) is 5.92 Å². The summed E-state index contributed by atoms with van der Waals surface area (Å²) in [5.41, 5.74) is 0.102. The Labute approximate surface area is 195 Å². The lowest BCUT2D eigenvalue weighted by atomic mass is 9.97. The van der Waals surface area contributed by atoms with Crippen molar-refractivity contribution in [3.8, 4) is 0 Å². The molecule has 2 N–H and O–H groups in total. The van der Waals surface area contributed by atoms with E-state index in [2.05, 4.69) is 30.5 Å². The predicted molar refractivity (Wildman–Crippen MR) is 124 cm³/mol. The van der Waals surface area contributed by atoms with Crippen LogP contribution in [-0.4, -0.2) is 41.0 Å². The van der Waals surface area contributed by atoms with Crippen molar-refractivity contribution in [3.63, 3.8) is 0 Å². The molecule has 1 aliphatic heterocycles. The van der Waals surface area contributed by atoms with Gasteiger partial charge < -0.3 is 15.5 Å². The standard InChI is InChI=1S/C24H27F3N6O/c1-13(16-7-4-8-17(21(16)25)22(26)27)30-23-18-10-20(29-11-19(18)31-14(2)32-23)33-9-5-6-15(12-33)24(34)28-3/h4,7-8,10-11,13,15,22H,5-6,9,12H2,1-3H3,(H,28,34)(H,30,31,32)/t13-,15?/m1/s1. The zero-order valence-corrected chi connectivity index (χ0v) is 19.3. The van der Waals surface area contributed by atoms with Gasteiger partial charge in [0.1, 0.15) is 23.3 Å². The second-order valence-electron chi connectivity index (χ2n) is 8.50. The number of nitrogens with zero attached hydrogens (tertiary/aromatic N) is 4. The second-order valence-corrected chi connectivity index (χ2v) is 8.50. The molecule has 34 heavy (non-hydrogen) atoms. The molecule has 1 aromatic carbocycles. The number of rotatable bonds is 6. The first kappa shape index (κ1) is 23.7. The van der Waals surface area contributed by atoms with E-state index in [9.17, 15) is 18.0 Å². The average molecular weight is 473 g/mol. The van der Waals surface area contributed by atoms with Crippen molar-refractivity contribution in [2.75, 3.05) is 30.4 Å². The number of anilines is 2. The van der Waals surface area contributed by atoms with Gasteiger partial charge in [-0.2, -0.15) is 0 Å². The highest BCUT2D eigenvalue weighted by atomic mass is 19.3. The fourth-order valence-electron chi connectivity index (χ4n) is 4.38. The molecule has 7 nitrogen and oxygen atoms in total. The molecular weight excluding hydrogens is 445 g/mol. The van der Waals surface area contributed by atoms with E-state index < -0.39 is 23.8 Å². The normalized spacial score (nSPS) is 17.1. The largest absolute Gasteiger partial charge is 0.363 e. The van der Waals surface area contributed by atoms with Crippen LogP contribution < -0.4 is 15.5 Å². The van der Waals surface area contributed by atoms with E-state index in [-0.39, 0.29) is 17.4 Å². The van der Waals surface area contributed by atoms with Crippen molar-refractivity contribution in [1.82, 2.24) is 20.3 Å². The number of amides is 1. The molecule has 1 unspecified atom stereocenters. The molecule has 2 aromatic heterocycles. The van der Waals surface area contributed by atoms with Crippen LogP contribution in [-0.2, 0) is 4.79 Å². The molecule has 0 saturated carbocycles. The zero-order chi connectivity index (χ0) is 24.4. The van der Waals surface area contributed by atoms with E-state index in [4.69, 9.17) is 0 Å². The van der Waals surface area contributed by atoms with Crippen molar-refractivity contribution in [3.05, 3.63) is 53.2 Å². The van der Waals surface area contributed by atoms with E-state index >= 15 is 0 Å². The fourth-order valence-corrected chi connectivity index (χ4v) is 4.38. The first-order valence-electron chi connectivity index (χ1n) is 11.2. The Balaban J connectivity index is 1.67. The molecule has 0 radical (unpaired) electrons. The third kappa shape index (κ3) is 4.76.